The summed E-state index contributed by atoms with van der Waals surface area (Å²) in [5, 5.41) is 30.1. The van der Waals surface area contributed by atoms with E-state index in [2.05, 4.69) is 0 Å². The Morgan fingerprint density at radius 3 is 2.29 bits per heavy atom. The van der Waals surface area contributed by atoms with Gasteiger partial charge in [0.15, 0.2) is 6.21 Å². The van der Waals surface area contributed by atoms with Crippen molar-refractivity contribution >= 4 is 11.9 Å². The van der Waals surface area contributed by atoms with Gasteiger partial charge in [0.2, 0.25) is 5.69 Å². The van der Waals surface area contributed by atoms with Gasteiger partial charge in [0, 0.05) is 11.6 Å². The lowest BCUT2D eigenvalue weighted by atomic mass is 10.2. The van der Waals surface area contributed by atoms with Gasteiger partial charge in [-0.15, -0.1) is 0 Å². The van der Waals surface area contributed by atoms with Gasteiger partial charge in [-0.05, 0) is 30.3 Å². The molecule has 0 unspecified atom stereocenters. The maximum atomic E-state index is 11.7. The molecule has 0 aliphatic carbocycles. The van der Waals surface area contributed by atoms with Gasteiger partial charge in [-0.25, -0.2) is 0 Å². The second-order valence-electron chi connectivity index (χ2n) is 3.57. The molecule has 2 aromatic rings. The fraction of sp³-hybridized carbons (Fsp3) is 0. The van der Waals surface area contributed by atoms with Crippen LogP contribution in [0.2, 0.25) is 0 Å². The maximum absolute atomic E-state index is 11.7. The maximum Gasteiger partial charge on any atom is 0.220 e. The zero-order chi connectivity index (χ0) is 12.3. The number of hydrogen-bond acceptors (Lipinski definition) is 3. The first-order chi connectivity index (χ1) is 8.15. The number of phenols is 2. The Hall–Kier alpha value is -2.49. The lowest BCUT2D eigenvalue weighted by molar-refractivity contribution is -0.354. The minimum absolute atomic E-state index is 0.0439. The molecule has 0 aliphatic rings. The van der Waals surface area contributed by atoms with E-state index >= 15 is 0 Å². The van der Waals surface area contributed by atoms with E-state index < -0.39 is 0 Å². The van der Waals surface area contributed by atoms with Gasteiger partial charge in [0.05, 0.1) is 6.07 Å². The summed E-state index contributed by atoms with van der Waals surface area (Å²) < 4.78 is 0.659. The highest BCUT2D eigenvalue weighted by molar-refractivity contribution is 5.76. The molecular formula is C13H11NO3. The molecule has 17 heavy (non-hydrogen) atoms. The zero-order valence-corrected chi connectivity index (χ0v) is 8.95. The Morgan fingerprint density at radius 1 is 0.941 bits per heavy atom. The van der Waals surface area contributed by atoms with E-state index in [4.69, 9.17) is 5.11 Å². The number of phenolic OH excluding ortho intramolecular Hbond substituents is 2. The first kappa shape index (κ1) is 11.0. The van der Waals surface area contributed by atoms with Crippen LogP contribution in [-0.4, -0.2) is 21.2 Å². The van der Waals surface area contributed by atoms with Crippen molar-refractivity contribution in [3.8, 4) is 11.5 Å². The summed E-state index contributed by atoms with van der Waals surface area (Å²) in [7, 11) is 0. The molecule has 2 aromatic carbocycles. The Labute approximate surface area is 98.3 Å². The van der Waals surface area contributed by atoms with Crippen molar-refractivity contribution in [2.45, 2.75) is 0 Å². The standard InChI is InChI=1S/C13H11NO3/c15-12-6-4-10(5-7-12)9-14(17)11-2-1-3-13(16)8-11/h1-9,15-16H. The molecule has 0 radical (unpaired) electrons. The fourth-order valence-electron chi connectivity index (χ4n) is 1.40. The van der Waals surface area contributed by atoms with E-state index in [1.165, 1.54) is 30.5 Å². The number of benzene rings is 2. The van der Waals surface area contributed by atoms with Crippen molar-refractivity contribution in [3.05, 3.63) is 59.3 Å². The second-order valence-corrected chi connectivity index (χ2v) is 3.57. The number of hydrogen-bond donors (Lipinski definition) is 2. The van der Waals surface area contributed by atoms with Crippen molar-refractivity contribution in [2.75, 3.05) is 0 Å². The average Bonchev–Trinajstić information content (AvgIpc) is 2.32. The quantitative estimate of drug-likeness (QED) is 0.359. The summed E-state index contributed by atoms with van der Waals surface area (Å²) in [6.07, 6.45) is 1.37. The van der Waals surface area contributed by atoms with Crippen LogP contribution in [0.25, 0.3) is 0 Å². The van der Waals surface area contributed by atoms with Crippen molar-refractivity contribution in [3.63, 3.8) is 0 Å². The van der Waals surface area contributed by atoms with E-state index in [9.17, 15) is 10.3 Å². The monoisotopic (exact) mass is 229 g/mol. The third-order valence-electron chi connectivity index (χ3n) is 2.24. The molecule has 0 spiro atoms. The van der Waals surface area contributed by atoms with E-state index in [-0.39, 0.29) is 11.5 Å². The predicted octanol–water partition coefficient (Wildman–Crippen LogP) is 2.36. The molecule has 0 saturated carbocycles. The first-order valence-electron chi connectivity index (χ1n) is 5.04. The Kier molecular flexibility index (Phi) is 2.96. The van der Waals surface area contributed by atoms with Crippen LogP contribution in [0.3, 0.4) is 0 Å². The first-order valence-corrected chi connectivity index (χ1v) is 5.04. The highest BCUT2D eigenvalue weighted by Gasteiger charge is 2.02. The topological polar surface area (TPSA) is 66.5 Å². The molecule has 0 amide bonds. The van der Waals surface area contributed by atoms with Gasteiger partial charge < -0.3 is 15.4 Å². The molecule has 0 bridgehead atoms. The van der Waals surface area contributed by atoms with Crippen LogP contribution in [0.4, 0.5) is 5.69 Å². The van der Waals surface area contributed by atoms with Crippen LogP contribution in [0.15, 0.2) is 48.5 Å². The van der Waals surface area contributed by atoms with Gasteiger partial charge in [-0.3, -0.25) is 0 Å². The molecule has 0 fully saturated rings. The molecule has 0 atom stereocenters. The molecule has 2 N–H and O–H groups in total. The van der Waals surface area contributed by atoms with Crippen LogP contribution >= 0.6 is 0 Å². The Bertz CT molecular complexity index is 547. The van der Waals surface area contributed by atoms with E-state index in [0.29, 0.717) is 16.0 Å². The molecule has 86 valence electrons. The lowest BCUT2D eigenvalue weighted by Gasteiger charge is -2.03. The fourth-order valence-corrected chi connectivity index (χ4v) is 1.40. The normalized spacial score (nSPS) is 11.4. The summed E-state index contributed by atoms with van der Waals surface area (Å²) in [6.45, 7) is 0. The third-order valence-corrected chi connectivity index (χ3v) is 2.24. The minimum Gasteiger partial charge on any atom is -0.618 e. The summed E-state index contributed by atoms with van der Waals surface area (Å²) >= 11 is 0. The van der Waals surface area contributed by atoms with Crippen molar-refractivity contribution in [1.82, 2.24) is 0 Å². The molecule has 0 aliphatic heterocycles. The number of nitrogens with zero attached hydrogens (tertiary/aromatic N) is 1. The SMILES string of the molecule is [O-][N+](=Cc1ccc(O)cc1)c1cccc(O)c1. The summed E-state index contributed by atoms with van der Waals surface area (Å²) in [5.74, 6) is 0.194. The third kappa shape index (κ3) is 2.75. The molecule has 0 heterocycles. The molecule has 2 rings (SSSR count). The largest absolute Gasteiger partial charge is 0.618 e. The highest BCUT2D eigenvalue weighted by Crippen LogP contribution is 2.18. The molecular weight excluding hydrogens is 218 g/mol. The van der Waals surface area contributed by atoms with Gasteiger partial charge >= 0.3 is 0 Å². The highest BCUT2D eigenvalue weighted by atomic mass is 16.5. The molecule has 0 saturated heterocycles. The Balaban J connectivity index is 2.30. The van der Waals surface area contributed by atoms with Gasteiger partial charge in [-0.2, -0.15) is 4.74 Å². The summed E-state index contributed by atoms with van der Waals surface area (Å²) in [5.41, 5.74) is 1.01. The minimum atomic E-state index is 0.0439. The van der Waals surface area contributed by atoms with Crippen LogP contribution in [0, 0.1) is 5.21 Å². The van der Waals surface area contributed by atoms with Crippen molar-refractivity contribution in [2.24, 2.45) is 0 Å². The molecule has 4 nitrogen and oxygen atoms in total. The van der Waals surface area contributed by atoms with E-state index in [0.717, 1.165) is 0 Å². The average molecular weight is 229 g/mol. The van der Waals surface area contributed by atoms with Gasteiger partial charge in [-0.1, -0.05) is 6.07 Å². The van der Waals surface area contributed by atoms with E-state index in [1.54, 1.807) is 24.3 Å². The summed E-state index contributed by atoms with van der Waals surface area (Å²) in [4.78, 5) is 0. The van der Waals surface area contributed by atoms with Crippen molar-refractivity contribution in [1.29, 1.82) is 0 Å². The van der Waals surface area contributed by atoms with Crippen LogP contribution < -0.4 is 0 Å². The van der Waals surface area contributed by atoms with Gasteiger partial charge in [0.1, 0.15) is 11.5 Å². The van der Waals surface area contributed by atoms with E-state index in [1.807, 2.05) is 0 Å². The summed E-state index contributed by atoms with van der Waals surface area (Å²) in [6, 6.07) is 12.3. The Morgan fingerprint density at radius 2 is 1.65 bits per heavy atom. The van der Waals surface area contributed by atoms with Crippen molar-refractivity contribution < 1.29 is 15.0 Å². The smallest absolute Gasteiger partial charge is 0.220 e. The van der Waals surface area contributed by atoms with Crippen LogP contribution in [-0.2, 0) is 0 Å². The van der Waals surface area contributed by atoms with Crippen LogP contribution in [0.5, 0.6) is 11.5 Å². The predicted molar refractivity (Wildman–Crippen MR) is 64.7 cm³/mol. The second kappa shape index (κ2) is 4.57. The number of rotatable bonds is 2. The van der Waals surface area contributed by atoms with Gasteiger partial charge in [0.25, 0.3) is 0 Å². The zero-order valence-electron chi connectivity index (χ0n) is 8.95. The van der Waals surface area contributed by atoms with Crippen LogP contribution in [0.1, 0.15) is 5.56 Å². The lowest BCUT2D eigenvalue weighted by Crippen LogP contribution is -1.98. The molecule has 4 heteroatoms. The number of aromatic hydroxyl groups is 2. The molecule has 0 aromatic heterocycles.